The highest BCUT2D eigenvalue weighted by atomic mass is 15.1. The molecule has 112 valence electrons. The standard InChI is InChI=1S/C18H25N3/c1-2-5-16(6-3-1)7-4-12-21-13-8-17(9-14-21)15-18-19-10-11-20-18/h1-3,5-6,10-11,17H,4,7-9,12-15H2,(H,19,20). The third-order valence-corrected chi connectivity index (χ3v) is 4.53. The van der Waals surface area contributed by atoms with Crippen LogP contribution in [0.5, 0.6) is 0 Å². The van der Waals surface area contributed by atoms with Crippen molar-refractivity contribution < 1.29 is 0 Å². The molecule has 1 aliphatic rings. The van der Waals surface area contributed by atoms with E-state index >= 15 is 0 Å². The Morgan fingerprint density at radius 2 is 1.95 bits per heavy atom. The Bertz CT molecular complexity index is 499. The zero-order valence-electron chi connectivity index (χ0n) is 12.7. The summed E-state index contributed by atoms with van der Waals surface area (Å²) in [5.74, 6) is 1.96. The second-order valence-electron chi connectivity index (χ2n) is 6.11. The summed E-state index contributed by atoms with van der Waals surface area (Å²) in [5.41, 5.74) is 1.46. The van der Waals surface area contributed by atoms with Gasteiger partial charge in [0, 0.05) is 18.8 Å². The first-order valence-electron chi connectivity index (χ1n) is 8.15. The first kappa shape index (κ1) is 14.3. The number of imidazole rings is 1. The average Bonchev–Trinajstić information content (AvgIpc) is 3.03. The molecule has 1 aromatic carbocycles. The van der Waals surface area contributed by atoms with E-state index in [1.807, 2.05) is 12.4 Å². The minimum Gasteiger partial charge on any atom is -0.349 e. The SMILES string of the molecule is c1ccc(CCCN2CCC(Cc3ncc[nH]3)CC2)cc1. The molecule has 2 heterocycles. The summed E-state index contributed by atoms with van der Waals surface area (Å²) in [6.07, 6.45) is 9.99. The van der Waals surface area contributed by atoms with Crippen LogP contribution in [0.1, 0.15) is 30.7 Å². The molecule has 1 aromatic heterocycles. The van der Waals surface area contributed by atoms with Crippen molar-refractivity contribution in [3.63, 3.8) is 0 Å². The molecule has 0 atom stereocenters. The molecule has 1 aliphatic heterocycles. The summed E-state index contributed by atoms with van der Waals surface area (Å²) < 4.78 is 0. The molecule has 0 amide bonds. The molecule has 0 spiro atoms. The third-order valence-electron chi connectivity index (χ3n) is 4.53. The Kier molecular flexibility index (Phi) is 5.06. The fraction of sp³-hybridized carbons (Fsp3) is 0.500. The number of likely N-dealkylation sites (tertiary alicyclic amines) is 1. The van der Waals surface area contributed by atoms with E-state index in [1.165, 1.54) is 50.9 Å². The van der Waals surface area contributed by atoms with Crippen LogP contribution in [0.2, 0.25) is 0 Å². The summed E-state index contributed by atoms with van der Waals surface area (Å²) in [4.78, 5) is 10.2. The van der Waals surface area contributed by atoms with Gasteiger partial charge in [0.05, 0.1) is 0 Å². The van der Waals surface area contributed by atoms with Crippen LogP contribution in [0.25, 0.3) is 0 Å². The number of nitrogens with one attached hydrogen (secondary N) is 1. The number of hydrogen-bond donors (Lipinski definition) is 1. The van der Waals surface area contributed by atoms with E-state index < -0.39 is 0 Å². The molecular formula is C18H25N3. The van der Waals surface area contributed by atoms with Crippen LogP contribution in [0.15, 0.2) is 42.7 Å². The lowest BCUT2D eigenvalue weighted by molar-refractivity contribution is 0.181. The van der Waals surface area contributed by atoms with Crippen LogP contribution < -0.4 is 0 Å². The zero-order valence-corrected chi connectivity index (χ0v) is 12.7. The van der Waals surface area contributed by atoms with Gasteiger partial charge in [0.2, 0.25) is 0 Å². The van der Waals surface area contributed by atoms with Crippen molar-refractivity contribution in [3.8, 4) is 0 Å². The molecule has 0 unspecified atom stereocenters. The number of aromatic amines is 1. The number of rotatable bonds is 6. The lowest BCUT2D eigenvalue weighted by Gasteiger charge is -2.31. The molecule has 0 aliphatic carbocycles. The van der Waals surface area contributed by atoms with Crippen molar-refractivity contribution in [1.82, 2.24) is 14.9 Å². The predicted octanol–water partition coefficient (Wildman–Crippen LogP) is 3.30. The van der Waals surface area contributed by atoms with Gasteiger partial charge in [-0.2, -0.15) is 0 Å². The van der Waals surface area contributed by atoms with Crippen molar-refractivity contribution in [2.45, 2.75) is 32.1 Å². The van der Waals surface area contributed by atoms with Gasteiger partial charge in [0.1, 0.15) is 5.82 Å². The minimum absolute atomic E-state index is 0.807. The van der Waals surface area contributed by atoms with Gasteiger partial charge in [-0.15, -0.1) is 0 Å². The van der Waals surface area contributed by atoms with E-state index in [9.17, 15) is 0 Å². The van der Waals surface area contributed by atoms with Crippen LogP contribution in [0.3, 0.4) is 0 Å². The second-order valence-corrected chi connectivity index (χ2v) is 6.11. The van der Waals surface area contributed by atoms with Crippen LogP contribution in [-0.4, -0.2) is 34.5 Å². The van der Waals surface area contributed by atoms with E-state index in [1.54, 1.807) is 0 Å². The molecule has 21 heavy (non-hydrogen) atoms. The smallest absolute Gasteiger partial charge is 0.106 e. The summed E-state index contributed by atoms with van der Waals surface area (Å²) >= 11 is 0. The quantitative estimate of drug-likeness (QED) is 0.882. The van der Waals surface area contributed by atoms with Crippen molar-refractivity contribution >= 4 is 0 Å². The normalized spacial score (nSPS) is 17.1. The zero-order chi connectivity index (χ0) is 14.3. The van der Waals surface area contributed by atoms with Crippen LogP contribution in [0, 0.1) is 5.92 Å². The first-order valence-corrected chi connectivity index (χ1v) is 8.15. The van der Waals surface area contributed by atoms with Gasteiger partial charge >= 0.3 is 0 Å². The number of aryl methyl sites for hydroxylation is 1. The Hall–Kier alpha value is -1.61. The molecule has 0 bridgehead atoms. The number of piperidine rings is 1. The lowest BCUT2D eigenvalue weighted by Crippen LogP contribution is -2.35. The van der Waals surface area contributed by atoms with Gasteiger partial charge in [0.25, 0.3) is 0 Å². The molecule has 0 saturated carbocycles. The maximum atomic E-state index is 4.34. The van der Waals surface area contributed by atoms with Gasteiger partial charge < -0.3 is 9.88 Å². The third kappa shape index (κ3) is 4.43. The second kappa shape index (κ2) is 7.41. The van der Waals surface area contributed by atoms with Gasteiger partial charge in [0.15, 0.2) is 0 Å². The average molecular weight is 283 g/mol. The lowest BCUT2D eigenvalue weighted by atomic mass is 9.93. The molecule has 3 rings (SSSR count). The highest BCUT2D eigenvalue weighted by Gasteiger charge is 2.19. The van der Waals surface area contributed by atoms with E-state index in [-0.39, 0.29) is 0 Å². The maximum Gasteiger partial charge on any atom is 0.106 e. The van der Waals surface area contributed by atoms with Crippen molar-refractivity contribution in [1.29, 1.82) is 0 Å². The van der Waals surface area contributed by atoms with Crippen molar-refractivity contribution in [2.24, 2.45) is 5.92 Å². The minimum atomic E-state index is 0.807. The predicted molar refractivity (Wildman–Crippen MR) is 86.2 cm³/mol. The molecule has 1 fully saturated rings. The van der Waals surface area contributed by atoms with Crippen LogP contribution in [0.4, 0.5) is 0 Å². The van der Waals surface area contributed by atoms with E-state index in [0.29, 0.717) is 0 Å². The maximum absolute atomic E-state index is 4.34. The molecule has 1 N–H and O–H groups in total. The van der Waals surface area contributed by atoms with Gasteiger partial charge in [-0.3, -0.25) is 0 Å². The Balaban J connectivity index is 1.34. The monoisotopic (exact) mass is 283 g/mol. The van der Waals surface area contributed by atoms with E-state index in [2.05, 4.69) is 45.2 Å². The largest absolute Gasteiger partial charge is 0.349 e. The van der Waals surface area contributed by atoms with Crippen LogP contribution in [-0.2, 0) is 12.8 Å². The molecule has 3 nitrogen and oxygen atoms in total. The molecular weight excluding hydrogens is 258 g/mol. The highest BCUT2D eigenvalue weighted by molar-refractivity contribution is 5.14. The van der Waals surface area contributed by atoms with Crippen molar-refractivity contribution in [2.75, 3.05) is 19.6 Å². The molecule has 1 saturated heterocycles. The summed E-state index contributed by atoms with van der Waals surface area (Å²) in [6, 6.07) is 10.8. The number of nitrogens with zero attached hydrogens (tertiary/aromatic N) is 2. The number of H-pyrrole nitrogens is 1. The van der Waals surface area contributed by atoms with Gasteiger partial charge in [-0.25, -0.2) is 4.98 Å². The van der Waals surface area contributed by atoms with Gasteiger partial charge in [-0.05, 0) is 56.8 Å². The number of aromatic nitrogens is 2. The summed E-state index contributed by atoms with van der Waals surface area (Å²) in [5, 5.41) is 0. The fourth-order valence-electron chi connectivity index (χ4n) is 3.25. The Morgan fingerprint density at radius 3 is 2.67 bits per heavy atom. The molecule has 3 heteroatoms. The summed E-state index contributed by atoms with van der Waals surface area (Å²) in [6.45, 7) is 3.74. The topological polar surface area (TPSA) is 31.9 Å². The van der Waals surface area contributed by atoms with Gasteiger partial charge in [-0.1, -0.05) is 30.3 Å². The summed E-state index contributed by atoms with van der Waals surface area (Å²) in [7, 11) is 0. The van der Waals surface area contributed by atoms with Crippen molar-refractivity contribution in [3.05, 3.63) is 54.1 Å². The first-order chi connectivity index (χ1) is 10.4. The molecule has 2 aromatic rings. The highest BCUT2D eigenvalue weighted by Crippen LogP contribution is 2.20. The fourth-order valence-corrected chi connectivity index (χ4v) is 3.25. The Morgan fingerprint density at radius 1 is 1.14 bits per heavy atom. The number of hydrogen-bond acceptors (Lipinski definition) is 2. The van der Waals surface area contributed by atoms with E-state index in [4.69, 9.17) is 0 Å². The molecule has 0 radical (unpaired) electrons. The van der Waals surface area contributed by atoms with Crippen LogP contribution >= 0.6 is 0 Å². The Labute approximate surface area is 127 Å². The van der Waals surface area contributed by atoms with E-state index in [0.717, 1.165) is 18.2 Å². The number of benzene rings is 1.